The highest BCUT2D eigenvalue weighted by Gasteiger charge is 2.38. The van der Waals surface area contributed by atoms with Crippen molar-refractivity contribution in [2.75, 3.05) is 13.1 Å². The van der Waals surface area contributed by atoms with Crippen LogP contribution in [0, 0.1) is 17.6 Å². The van der Waals surface area contributed by atoms with Gasteiger partial charge in [0.25, 0.3) is 0 Å². The smallest absolute Gasteiger partial charge is 0.237 e. The van der Waals surface area contributed by atoms with Crippen LogP contribution in [0.25, 0.3) is 11.3 Å². The van der Waals surface area contributed by atoms with Crippen LogP contribution in [0.1, 0.15) is 18.4 Å². The number of halogens is 2. The van der Waals surface area contributed by atoms with Crippen molar-refractivity contribution in [3.63, 3.8) is 0 Å². The van der Waals surface area contributed by atoms with Crippen LogP contribution < -0.4 is 16.0 Å². The zero-order valence-corrected chi connectivity index (χ0v) is 20.2. The van der Waals surface area contributed by atoms with E-state index < -0.39 is 21.5 Å². The first-order valence-corrected chi connectivity index (χ1v) is 13.3. The van der Waals surface area contributed by atoms with Crippen molar-refractivity contribution in [2.45, 2.75) is 41.4 Å². The predicted octanol–water partition coefficient (Wildman–Crippen LogP) is 2.82. The molecule has 0 spiro atoms. The number of sulfone groups is 1. The van der Waals surface area contributed by atoms with Crippen molar-refractivity contribution in [3.8, 4) is 11.3 Å². The normalized spacial score (nSPS) is 21.7. The van der Waals surface area contributed by atoms with E-state index in [1.54, 1.807) is 12.1 Å². The Bertz CT molecular complexity index is 1370. The largest absolute Gasteiger partial charge is 0.351 e. The number of nitrogens with zero attached hydrogens (tertiary/aromatic N) is 1. The van der Waals surface area contributed by atoms with Gasteiger partial charge in [-0.3, -0.25) is 4.79 Å². The molecular formula is C26H26F2N4O3S. The molecule has 3 unspecified atom stereocenters. The third-order valence-corrected chi connectivity index (χ3v) is 8.46. The van der Waals surface area contributed by atoms with E-state index in [1.165, 1.54) is 36.4 Å². The lowest BCUT2D eigenvalue weighted by Gasteiger charge is -2.25. The molecule has 0 saturated carbocycles. The average Bonchev–Trinajstić information content (AvgIpc) is 3.34. The maximum Gasteiger partial charge on any atom is 0.237 e. The molecule has 3 heterocycles. The molecular weight excluding hydrogens is 486 g/mol. The molecule has 188 valence electrons. The fraction of sp³-hybridized carbons (Fsp3) is 0.308. The molecule has 5 rings (SSSR count). The van der Waals surface area contributed by atoms with Crippen molar-refractivity contribution in [2.24, 2.45) is 5.92 Å². The standard InChI is InChI=1S/C26H26F2N4O3S/c27-20-9-6-17(12-21(20)28)22-2-1-3-25(32-22)36(34,35)19-7-4-16(5-8-19)14-30-26(33)24-13-18-15-29-11-10-23(18)31-24/h1-9,12,18,23-24,29,31H,10-11,13-15H2,(H,30,33). The molecule has 0 radical (unpaired) electrons. The van der Waals surface area contributed by atoms with E-state index in [9.17, 15) is 22.0 Å². The third kappa shape index (κ3) is 5.02. The van der Waals surface area contributed by atoms with Gasteiger partial charge in [0.2, 0.25) is 15.7 Å². The number of pyridine rings is 1. The van der Waals surface area contributed by atoms with Gasteiger partial charge in [-0.2, -0.15) is 0 Å². The van der Waals surface area contributed by atoms with Crippen molar-refractivity contribution in [1.29, 1.82) is 0 Å². The Morgan fingerprint density at radius 3 is 2.61 bits per heavy atom. The Morgan fingerprint density at radius 2 is 1.86 bits per heavy atom. The molecule has 2 saturated heterocycles. The lowest BCUT2D eigenvalue weighted by Crippen LogP contribution is -2.45. The number of hydrogen-bond acceptors (Lipinski definition) is 6. The molecule has 0 bridgehead atoms. The molecule has 2 aromatic carbocycles. The molecule has 10 heteroatoms. The van der Waals surface area contributed by atoms with Gasteiger partial charge in [-0.05, 0) is 79.9 Å². The van der Waals surface area contributed by atoms with Crippen LogP contribution in [-0.4, -0.2) is 44.5 Å². The van der Waals surface area contributed by atoms with Crippen LogP contribution in [0.2, 0.25) is 0 Å². The number of carbonyl (C=O) groups excluding carboxylic acids is 1. The van der Waals surface area contributed by atoms with Crippen LogP contribution in [0.4, 0.5) is 8.78 Å². The highest BCUT2D eigenvalue weighted by molar-refractivity contribution is 7.91. The number of hydrogen-bond donors (Lipinski definition) is 3. The summed E-state index contributed by atoms with van der Waals surface area (Å²) in [5.74, 6) is -1.62. The Balaban J connectivity index is 1.25. The number of fused-ring (bicyclic) bond motifs is 1. The van der Waals surface area contributed by atoms with E-state index in [1.807, 2.05) is 0 Å². The van der Waals surface area contributed by atoms with Gasteiger partial charge in [0.05, 0.1) is 16.6 Å². The summed E-state index contributed by atoms with van der Waals surface area (Å²) in [5.41, 5.74) is 1.25. The summed E-state index contributed by atoms with van der Waals surface area (Å²) in [4.78, 5) is 16.8. The summed E-state index contributed by atoms with van der Waals surface area (Å²) in [6.07, 6.45) is 1.82. The Hall–Kier alpha value is -3.21. The Morgan fingerprint density at radius 1 is 1.06 bits per heavy atom. The molecule has 0 aliphatic carbocycles. The fourth-order valence-corrected chi connectivity index (χ4v) is 6.01. The average molecular weight is 513 g/mol. The minimum atomic E-state index is -3.94. The van der Waals surface area contributed by atoms with Gasteiger partial charge in [0, 0.05) is 18.2 Å². The first-order chi connectivity index (χ1) is 17.3. The minimum Gasteiger partial charge on any atom is -0.351 e. The zero-order valence-electron chi connectivity index (χ0n) is 19.4. The van der Waals surface area contributed by atoms with E-state index in [-0.39, 0.29) is 39.7 Å². The molecule has 2 aliphatic rings. The number of piperidine rings is 1. The van der Waals surface area contributed by atoms with Crippen LogP contribution in [0.3, 0.4) is 0 Å². The van der Waals surface area contributed by atoms with Gasteiger partial charge in [0.15, 0.2) is 16.7 Å². The molecule has 1 amide bonds. The molecule has 3 atom stereocenters. The summed E-state index contributed by atoms with van der Waals surface area (Å²) in [5, 5.41) is 9.52. The maximum atomic E-state index is 13.6. The summed E-state index contributed by atoms with van der Waals surface area (Å²) >= 11 is 0. The van der Waals surface area contributed by atoms with Gasteiger partial charge < -0.3 is 16.0 Å². The summed E-state index contributed by atoms with van der Waals surface area (Å²) < 4.78 is 53.1. The van der Waals surface area contributed by atoms with E-state index >= 15 is 0 Å². The number of amides is 1. The highest BCUT2D eigenvalue weighted by Crippen LogP contribution is 2.26. The molecule has 1 aromatic heterocycles. The summed E-state index contributed by atoms with van der Waals surface area (Å²) in [7, 11) is -3.94. The van der Waals surface area contributed by atoms with Crippen LogP contribution in [-0.2, 0) is 21.2 Å². The molecule has 7 nitrogen and oxygen atoms in total. The number of benzene rings is 2. The van der Waals surface area contributed by atoms with Crippen molar-refractivity contribution < 1.29 is 22.0 Å². The second-order valence-electron chi connectivity index (χ2n) is 9.17. The number of rotatable bonds is 6. The molecule has 3 aromatic rings. The number of carbonyl (C=O) groups is 1. The van der Waals surface area contributed by atoms with Gasteiger partial charge in [-0.15, -0.1) is 0 Å². The van der Waals surface area contributed by atoms with Crippen molar-refractivity contribution in [1.82, 2.24) is 20.9 Å². The maximum absolute atomic E-state index is 13.6. The van der Waals surface area contributed by atoms with E-state index in [0.717, 1.165) is 43.6 Å². The fourth-order valence-electron chi connectivity index (χ4n) is 4.80. The first kappa shape index (κ1) is 24.5. The quantitative estimate of drug-likeness (QED) is 0.470. The van der Waals surface area contributed by atoms with Crippen LogP contribution in [0.5, 0.6) is 0 Å². The van der Waals surface area contributed by atoms with E-state index in [0.29, 0.717) is 12.0 Å². The number of aromatic nitrogens is 1. The van der Waals surface area contributed by atoms with Gasteiger partial charge in [-0.1, -0.05) is 18.2 Å². The van der Waals surface area contributed by atoms with E-state index in [4.69, 9.17) is 0 Å². The minimum absolute atomic E-state index is 0.0431. The van der Waals surface area contributed by atoms with Crippen LogP contribution in [0.15, 0.2) is 70.6 Å². The van der Waals surface area contributed by atoms with Crippen molar-refractivity contribution in [3.05, 3.63) is 77.9 Å². The molecule has 2 fully saturated rings. The summed E-state index contributed by atoms with van der Waals surface area (Å²) in [6, 6.07) is 14.1. The Labute approximate surface area is 208 Å². The first-order valence-electron chi connectivity index (χ1n) is 11.8. The summed E-state index contributed by atoms with van der Waals surface area (Å²) in [6.45, 7) is 2.17. The van der Waals surface area contributed by atoms with Gasteiger partial charge >= 0.3 is 0 Å². The molecule has 36 heavy (non-hydrogen) atoms. The second-order valence-corrected chi connectivity index (χ2v) is 11.1. The lowest BCUT2D eigenvalue weighted by molar-refractivity contribution is -0.123. The second kappa shape index (κ2) is 10.0. The topological polar surface area (TPSA) is 100 Å². The highest BCUT2D eigenvalue weighted by atomic mass is 32.2. The number of nitrogens with one attached hydrogen (secondary N) is 3. The van der Waals surface area contributed by atoms with E-state index in [2.05, 4.69) is 20.9 Å². The van der Waals surface area contributed by atoms with Gasteiger partial charge in [0.1, 0.15) is 0 Å². The molecule has 2 aliphatic heterocycles. The third-order valence-electron chi connectivity index (χ3n) is 6.79. The molecule has 3 N–H and O–H groups in total. The zero-order chi connectivity index (χ0) is 25.3. The lowest BCUT2D eigenvalue weighted by atomic mass is 9.94. The Kier molecular flexibility index (Phi) is 6.83. The monoisotopic (exact) mass is 512 g/mol. The predicted molar refractivity (Wildman–Crippen MR) is 130 cm³/mol. The van der Waals surface area contributed by atoms with Crippen LogP contribution >= 0.6 is 0 Å². The van der Waals surface area contributed by atoms with Crippen molar-refractivity contribution >= 4 is 15.7 Å². The SMILES string of the molecule is O=C(NCc1ccc(S(=O)(=O)c2cccc(-c3ccc(F)c(F)c3)n2)cc1)C1CC2CNCCC2N1. The van der Waals surface area contributed by atoms with Gasteiger partial charge in [-0.25, -0.2) is 22.2 Å².